The van der Waals surface area contributed by atoms with E-state index in [2.05, 4.69) is 36.9 Å². The Labute approximate surface area is 196 Å². The quantitative estimate of drug-likeness (QED) is 0.511. The molecule has 1 aliphatic heterocycles. The number of nitrogens with zero attached hydrogens (tertiary/aromatic N) is 2. The molecule has 0 bridgehead atoms. The lowest BCUT2D eigenvalue weighted by Crippen LogP contribution is -2.49. The van der Waals surface area contributed by atoms with Gasteiger partial charge in [-0.2, -0.15) is 0 Å². The highest BCUT2D eigenvalue weighted by atomic mass is 35.5. The van der Waals surface area contributed by atoms with Gasteiger partial charge in [0.1, 0.15) is 5.76 Å². The smallest absolute Gasteiger partial charge is 0.289 e. The van der Waals surface area contributed by atoms with Crippen LogP contribution in [0.3, 0.4) is 0 Å². The Hall–Kier alpha value is -2.57. The fourth-order valence-electron chi connectivity index (χ4n) is 3.98. The van der Waals surface area contributed by atoms with Gasteiger partial charge in [0.05, 0.1) is 5.75 Å². The number of rotatable bonds is 6. The standard InChI is InChI=1S/C25H27ClN2O3S/c1-18-5-3-8-23(19(18)2)27-11-13-28(14-12-27)25(29)24-10-9-22(31-24)17-32(30)16-20-6-4-7-21(26)15-20/h3-10,15H,11-14,16-17H2,1-2H3/t32-/m1/s1. The topological polar surface area (TPSA) is 53.8 Å². The van der Waals surface area contributed by atoms with E-state index in [1.165, 1.54) is 16.8 Å². The molecule has 2 aromatic carbocycles. The third-order valence-corrected chi connectivity index (χ3v) is 7.37. The third-order valence-electron chi connectivity index (χ3n) is 5.88. The summed E-state index contributed by atoms with van der Waals surface area (Å²) in [6.07, 6.45) is 0. The minimum absolute atomic E-state index is 0.113. The maximum absolute atomic E-state index is 12.9. The summed E-state index contributed by atoms with van der Waals surface area (Å²) >= 11 is 6.00. The second-order valence-corrected chi connectivity index (χ2v) is 10.0. The number of hydrogen-bond donors (Lipinski definition) is 0. The zero-order valence-corrected chi connectivity index (χ0v) is 19.9. The molecule has 1 amide bonds. The van der Waals surface area contributed by atoms with Gasteiger partial charge in [0.25, 0.3) is 5.91 Å². The SMILES string of the molecule is Cc1cccc(N2CCN(C(=O)c3ccc(C[S@](=O)Cc4cccc(Cl)c4)o3)CC2)c1C. The average molecular weight is 471 g/mol. The zero-order valence-electron chi connectivity index (χ0n) is 18.3. The van der Waals surface area contributed by atoms with Gasteiger partial charge in [0, 0.05) is 53.4 Å². The van der Waals surface area contributed by atoms with Crippen LogP contribution in [-0.2, 0) is 22.3 Å². The predicted octanol–water partition coefficient (Wildman–Crippen LogP) is 4.96. The molecule has 168 valence electrons. The van der Waals surface area contributed by atoms with E-state index in [4.69, 9.17) is 16.0 Å². The van der Waals surface area contributed by atoms with Gasteiger partial charge in [0.2, 0.25) is 0 Å². The van der Waals surface area contributed by atoms with Crippen molar-refractivity contribution in [3.05, 3.63) is 87.8 Å². The monoisotopic (exact) mass is 470 g/mol. The lowest BCUT2D eigenvalue weighted by molar-refractivity contribution is 0.0713. The molecule has 0 N–H and O–H groups in total. The summed E-state index contributed by atoms with van der Waals surface area (Å²) in [6.45, 7) is 7.12. The fraction of sp³-hybridized carbons (Fsp3) is 0.320. The van der Waals surface area contributed by atoms with Crippen LogP contribution in [0.5, 0.6) is 0 Å². The molecule has 3 aromatic rings. The van der Waals surface area contributed by atoms with Crippen LogP contribution in [0.1, 0.15) is 33.0 Å². The van der Waals surface area contributed by atoms with Crippen molar-refractivity contribution < 1.29 is 13.4 Å². The third kappa shape index (κ3) is 5.25. The average Bonchev–Trinajstić information content (AvgIpc) is 3.23. The minimum Gasteiger partial charge on any atom is -0.455 e. The summed E-state index contributed by atoms with van der Waals surface area (Å²) in [5.41, 5.74) is 4.71. The van der Waals surface area contributed by atoms with Crippen molar-refractivity contribution in [2.75, 3.05) is 31.1 Å². The number of amides is 1. The van der Waals surface area contributed by atoms with Gasteiger partial charge in [0.15, 0.2) is 5.76 Å². The Morgan fingerprint density at radius 2 is 1.75 bits per heavy atom. The number of benzene rings is 2. The highest BCUT2D eigenvalue weighted by Gasteiger charge is 2.25. The molecule has 4 rings (SSSR count). The first-order valence-corrected chi connectivity index (χ1v) is 12.6. The van der Waals surface area contributed by atoms with Crippen LogP contribution in [0.25, 0.3) is 0 Å². The summed E-state index contributed by atoms with van der Waals surface area (Å²) in [5, 5.41) is 0.628. The van der Waals surface area contributed by atoms with Gasteiger partial charge >= 0.3 is 0 Å². The molecular formula is C25H27ClN2O3S. The number of piperazine rings is 1. The van der Waals surface area contributed by atoms with Crippen LogP contribution >= 0.6 is 11.6 Å². The van der Waals surface area contributed by atoms with Crippen LogP contribution in [0.4, 0.5) is 5.69 Å². The maximum atomic E-state index is 12.9. The molecule has 0 aliphatic carbocycles. The van der Waals surface area contributed by atoms with Gasteiger partial charge < -0.3 is 14.2 Å². The predicted molar refractivity (Wildman–Crippen MR) is 130 cm³/mol. The van der Waals surface area contributed by atoms with E-state index < -0.39 is 10.8 Å². The van der Waals surface area contributed by atoms with Crippen LogP contribution in [0, 0.1) is 13.8 Å². The summed E-state index contributed by atoms with van der Waals surface area (Å²) in [7, 11) is -1.15. The molecule has 0 radical (unpaired) electrons. The molecule has 32 heavy (non-hydrogen) atoms. The molecule has 1 fully saturated rings. The summed E-state index contributed by atoms with van der Waals surface area (Å²) in [6, 6.07) is 17.1. The van der Waals surface area contributed by atoms with Crippen LogP contribution in [-0.4, -0.2) is 41.2 Å². The summed E-state index contributed by atoms with van der Waals surface area (Å²) in [4.78, 5) is 17.1. The molecule has 5 nitrogen and oxygen atoms in total. The van der Waals surface area contributed by atoms with E-state index in [1.807, 2.05) is 23.1 Å². The van der Waals surface area contributed by atoms with Crippen LogP contribution in [0.15, 0.2) is 59.0 Å². The van der Waals surface area contributed by atoms with E-state index in [-0.39, 0.29) is 11.7 Å². The summed E-state index contributed by atoms with van der Waals surface area (Å²) < 4.78 is 18.3. The molecule has 1 atom stereocenters. The molecule has 0 unspecified atom stereocenters. The number of carbonyl (C=O) groups is 1. The number of anilines is 1. The van der Waals surface area contributed by atoms with E-state index in [0.717, 1.165) is 18.7 Å². The number of aryl methyl sites for hydroxylation is 1. The zero-order chi connectivity index (χ0) is 22.7. The number of halogens is 1. The first kappa shape index (κ1) is 22.6. The first-order valence-electron chi connectivity index (χ1n) is 10.7. The molecule has 0 spiro atoms. The Morgan fingerprint density at radius 3 is 2.50 bits per heavy atom. The van der Waals surface area contributed by atoms with Crippen molar-refractivity contribution >= 4 is 34.0 Å². The minimum atomic E-state index is -1.15. The summed E-state index contributed by atoms with van der Waals surface area (Å²) in [5.74, 6) is 1.41. The lowest BCUT2D eigenvalue weighted by Gasteiger charge is -2.36. The number of carbonyl (C=O) groups excluding carboxylic acids is 1. The number of furan rings is 1. The maximum Gasteiger partial charge on any atom is 0.289 e. The van der Waals surface area contributed by atoms with Gasteiger partial charge in [-0.05, 0) is 60.9 Å². The second-order valence-electron chi connectivity index (χ2n) is 8.12. The van der Waals surface area contributed by atoms with Gasteiger partial charge in [-0.3, -0.25) is 9.00 Å². The molecule has 2 heterocycles. The molecular weight excluding hydrogens is 444 g/mol. The van der Waals surface area contributed by atoms with Crippen LogP contribution in [0.2, 0.25) is 5.02 Å². The molecule has 1 aliphatic rings. The molecule has 1 saturated heterocycles. The van der Waals surface area contributed by atoms with E-state index in [9.17, 15) is 9.00 Å². The van der Waals surface area contributed by atoms with Crippen molar-refractivity contribution in [3.8, 4) is 0 Å². The highest BCUT2D eigenvalue weighted by Crippen LogP contribution is 2.24. The van der Waals surface area contributed by atoms with Gasteiger partial charge in [-0.1, -0.05) is 35.9 Å². The highest BCUT2D eigenvalue weighted by molar-refractivity contribution is 7.83. The normalized spacial score (nSPS) is 15.1. The molecule has 1 aromatic heterocycles. The second kappa shape index (κ2) is 9.92. The van der Waals surface area contributed by atoms with Crippen molar-refractivity contribution in [2.24, 2.45) is 0 Å². The van der Waals surface area contributed by atoms with Gasteiger partial charge in [-0.15, -0.1) is 0 Å². The Kier molecular flexibility index (Phi) is 7.01. The first-order chi connectivity index (χ1) is 15.4. The van der Waals surface area contributed by atoms with Crippen molar-refractivity contribution in [1.29, 1.82) is 0 Å². The fourth-order valence-corrected chi connectivity index (χ4v) is 5.32. The van der Waals surface area contributed by atoms with E-state index in [0.29, 0.717) is 35.4 Å². The Balaban J connectivity index is 1.33. The van der Waals surface area contributed by atoms with E-state index in [1.54, 1.807) is 18.2 Å². The van der Waals surface area contributed by atoms with Crippen molar-refractivity contribution in [2.45, 2.75) is 25.4 Å². The van der Waals surface area contributed by atoms with Crippen molar-refractivity contribution in [3.63, 3.8) is 0 Å². The Bertz CT molecular complexity index is 1140. The van der Waals surface area contributed by atoms with Gasteiger partial charge in [-0.25, -0.2) is 0 Å². The number of hydrogen-bond acceptors (Lipinski definition) is 4. The van der Waals surface area contributed by atoms with E-state index >= 15 is 0 Å². The molecule has 7 heteroatoms. The Morgan fingerprint density at radius 1 is 1.00 bits per heavy atom. The lowest BCUT2D eigenvalue weighted by atomic mass is 10.1. The largest absolute Gasteiger partial charge is 0.455 e. The molecule has 0 saturated carbocycles. The van der Waals surface area contributed by atoms with Crippen molar-refractivity contribution in [1.82, 2.24) is 4.90 Å². The van der Waals surface area contributed by atoms with Crippen LogP contribution < -0.4 is 4.90 Å².